The molecule has 0 saturated carbocycles. The average Bonchev–Trinajstić information content (AvgIpc) is 3.71. The normalized spacial score (nSPS) is 13.9. The van der Waals surface area contributed by atoms with Crippen LogP contribution in [0.1, 0.15) is 22.4 Å². The first-order valence-electron chi connectivity index (χ1n) is 15.1. The first-order valence-corrected chi connectivity index (χ1v) is 15.1. The van der Waals surface area contributed by atoms with Gasteiger partial charge in [-0.15, -0.1) is 0 Å². The zero-order valence-electron chi connectivity index (χ0n) is 24.8. The highest BCUT2D eigenvalue weighted by molar-refractivity contribution is 6.46. The number of aromatic nitrogens is 1. The maximum Gasteiger partial charge on any atom is 0.847 e. The van der Waals surface area contributed by atoms with E-state index in [9.17, 15) is 0 Å². The summed E-state index contributed by atoms with van der Waals surface area (Å²) in [5, 5.41) is 0. The van der Waals surface area contributed by atoms with Crippen LogP contribution in [0.3, 0.4) is 0 Å². The molecule has 2 aliphatic rings. The van der Waals surface area contributed by atoms with Crippen molar-refractivity contribution in [2.24, 2.45) is 0 Å². The number of ether oxygens (including phenoxy) is 1. The summed E-state index contributed by atoms with van der Waals surface area (Å²) in [7, 11) is 0.174. The minimum absolute atomic E-state index is 0.728. The third-order valence-electron chi connectivity index (χ3n) is 8.66. The number of allylic oxidation sites excluding steroid dienone is 2. The van der Waals surface area contributed by atoms with Gasteiger partial charge in [0.1, 0.15) is 5.75 Å². The number of nitrogens with zero attached hydrogens (tertiary/aromatic N) is 2. The second-order valence-corrected chi connectivity index (χ2v) is 11.2. The van der Waals surface area contributed by atoms with Crippen molar-refractivity contribution in [3.8, 4) is 28.1 Å². The first kappa shape index (κ1) is 26.9. The van der Waals surface area contributed by atoms with Crippen LogP contribution in [0.25, 0.3) is 33.5 Å². The van der Waals surface area contributed by atoms with Crippen molar-refractivity contribution in [1.29, 1.82) is 0 Å². The Balaban J connectivity index is 1.57. The van der Waals surface area contributed by atoms with E-state index in [2.05, 4.69) is 42.5 Å². The van der Waals surface area contributed by atoms with Crippen molar-refractivity contribution < 1.29 is 13.5 Å². The van der Waals surface area contributed by atoms with Gasteiger partial charge in [0.25, 0.3) is 0 Å². The topological polar surface area (TPSA) is 17.2 Å². The van der Waals surface area contributed by atoms with Gasteiger partial charge in [-0.25, -0.2) is 8.80 Å². The van der Waals surface area contributed by atoms with Crippen LogP contribution in [0.4, 0.5) is 4.32 Å². The highest BCUT2D eigenvalue weighted by Gasteiger charge is 2.54. The smallest absolute Gasteiger partial charge is 0.496 e. The van der Waals surface area contributed by atoms with Gasteiger partial charge in [0.05, 0.1) is 23.9 Å². The summed E-state index contributed by atoms with van der Waals surface area (Å²) in [5.74, 6) is 0.728. The fraction of sp³-hybridized carbons (Fsp3) is 0.0250. The Morgan fingerprint density at radius 3 is 1.76 bits per heavy atom. The summed E-state index contributed by atoms with van der Waals surface area (Å²) in [4.78, 5) is 0. The van der Waals surface area contributed by atoms with Crippen LogP contribution in [-0.4, -0.2) is 29.0 Å². The largest absolute Gasteiger partial charge is 0.847 e. The number of hydrogen-bond donors (Lipinski definition) is 0. The Morgan fingerprint density at radius 1 is 0.600 bits per heavy atom. The second-order valence-electron chi connectivity index (χ2n) is 11.2. The molecular formula is C40H29BFN2O+. The van der Waals surface area contributed by atoms with E-state index in [1.807, 2.05) is 124 Å². The fourth-order valence-corrected chi connectivity index (χ4v) is 6.67. The SMILES string of the molecule is COc1ccccc1C1=C2C(c3ccccc3)=CC(c3ccccc3)=[N+]2B(F)n2c(-c3ccccc3)cc(-c3ccccc3)c21. The average molecular weight is 583 g/mol. The molecule has 0 spiro atoms. The molecule has 0 N–H and O–H groups in total. The lowest BCUT2D eigenvalue weighted by Crippen LogP contribution is -2.41. The van der Waals surface area contributed by atoms with Crippen molar-refractivity contribution in [2.45, 2.75) is 0 Å². The molecule has 3 heterocycles. The number of rotatable bonds is 6. The Kier molecular flexibility index (Phi) is 6.64. The molecular weight excluding hydrogens is 554 g/mol. The molecule has 0 aliphatic carbocycles. The molecule has 0 bridgehead atoms. The van der Waals surface area contributed by atoms with Gasteiger partial charge in [-0.3, -0.25) is 4.48 Å². The van der Waals surface area contributed by atoms with E-state index in [1.54, 1.807) is 7.11 Å². The molecule has 0 atom stereocenters. The Labute approximate surface area is 262 Å². The predicted octanol–water partition coefficient (Wildman–Crippen LogP) is 9.01. The van der Waals surface area contributed by atoms with Gasteiger partial charge in [0.15, 0.2) is 5.71 Å². The number of fused-ring (bicyclic) bond motifs is 2. The van der Waals surface area contributed by atoms with E-state index >= 15 is 4.32 Å². The van der Waals surface area contributed by atoms with Crippen molar-refractivity contribution in [1.82, 2.24) is 4.48 Å². The molecule has 6 aromatic rings. The van der Waals surface area contributed by atoms with Crippen molar-refractivity contribution >= 4 is 24.1 Å². The van der Waals surface area contributed by atoms with Gasteiger partial charge in [0, 0.05) is 28.5 Å². The third-order valence-corrected chi connectivity index (χ3v) is 8.66. The van der Waals surface area contributed by atoms with Crippen molar-refractivity contribution in [3.63, 3.8) is 0 Å². The van der Waals surface area contributed by atoms with E-state index < -0.39 is 7.26 Å². The van der Waals surface area contributed by atoms with E-state index in [1.165, 1.54) is 0 Å². The molecule has 1 aromatic heterocycles. The summed E-state index contributed by atoms with van der Waals surface area (Å²) in [6.45, 7) is 0. The lowest BCUT2D eigenvalue weighted by molar-refractivity contribution is -0.332. The molecule has 5 heteroatoms. The van der Waals surface area contributed by atoms with Crippen LogP contribution in [0.5, 0.6) is 5.75 Å². The van der Waals surface area contributed by atoms with E-state index in [4.69, 9.17) is 4.74 Å². The molecule has 0 saturated heterocycles. The summed E-state index contributed by atoms with van der Waals surface area (Å²) in [5.41, 5.74) is 10.9. The van der Waals surface area contributed by atoms with Gasteiger partial charge in [-0.1, -0.05) is 127 Å². The molecule has 0 unspecified atom stereocenters. The van der Waals surface area contributed by atoms with Crippen LogP contribution in [0.2, 0.25) is 0 Å². The van der Waals surface area contributed by atoms with Gasteiger partial charge in [-0.2, -0.15) is 0 Å². The number of benzene rings is 5. The van der Waals surface area contributed by atoms with Crippen LogP contribution in [-0.2, 0) is 0 Å². The molecule has 5 aromatic carbocycles. The summed E-state index contributed by atoms with van der Waals surface area (Å²) in [6.07, 6.45) is 2.14. The lowest BCUT2D eigenvalue weighted by Gasteiger charge is -2.24. The Morgan fingerprint density at radius 2 is 1.13 bits per heavy atom. The summed E-state index contributed by atoms with van der Waals surface area (Å²) >= 11 is 0. The Hall–Kier alpha value is -5.68. The number of para-hydroxylation sites is 1. The van der Waals surface area contributed by atoms with E-state index in [-0.39, 0.29) is 0 Å². The summed E-state index contributed by atoms with van der Waals surface area (Å²) < 4.78 is 27.6. The molecule has 45 heavy (non-hydrogen) atoms. The number of methoxy groups -OCH3 is 1. The fourth-order valence-electron chi connectivity index (χ4n) is 6.67. The van der Waals surface area contributed by atoms with Gasteiger partial charge < -0.3 is 4.74 Å². The minimum Gasteiger partial charge on any atom is -0.496 e. The highest BCUT2D eigenvalue weighted by Crippen LogP contribution is 2.49. The van der Waals surface area contributed by atoms with Crippen LogP contribution >= 0.6 is 0 Å². The molecule has 2 aliphatic heterocycles. The number of hydrogen-bond acceptors (Lipinski definition) is 1. The first-order chi connectivity index (χ1) is 22.2. The molecule has 0 fully saturated rings. The van der Waals surface area contributed by atoms with Gasteiger partial charge in [0.2, 0.25) is 5.70 Å². The summed E-state index contributed by atoms with van der Waals surface area (Å²) in [6, 6.07) is 50.9. The monoisotopic (exact) mass is 583 g/mol. The standard InChI is InChI=1S/C40H29BFN2O/c1-45-37-25-15-14-24-32(37)38-39-33(28-16-6-2-7-17-28)26-35(30-20-10-4-11-21-30)43(39)41(42)44-36(31-22-12-5-13-23-31)27-34(40(38)44)29-18-8-3-9-19-29/h2-27H,1H3/q+1. The molecule has 3 nitrogen and oxygen atoms in total. The molecule has 0 amide bonds. The maximum absolute atomic E-state index is 17.9. The quantitative estimate of drug-likeness (QED) is 0.179. The Bertz CT molecular complexity index is 2130. The van der Waals surface area contributed by atoms with E-state index in [0.29, 0.717) is 0 Å². The lowest BCUT2D eigenvalue weighted by atomic mass is 9.84. The van der Waals surface area contributed by atoms with Crippen molar-refractivity contribution in [2.75, 3.05) is 7.11 Å². The minimum atomic E-state index is -1.52. The van der Waals surface area contributed by atoms with Gasteiger partial charge >= 0.3 is 7.26 Å². The molecule has 214 valence electrons. The maximum atomic E-state index is 17.9. The third kappa shape index (κ3) is 4.39. The zero-order valence-corrected chi connectivity index (χ0v) is 24.8. The van der Waals surface area contributed by atoms with Crippen LogP contribution in [0, 0.1) is 0 Å². The second kappa shape index (κ2) is 11.1. The van der Waals surface area contributed by atoms with Crippen molar-refractivity contribution in [3.05, 3.63) is 186 Å². The number of halogens is 1. The van der Waals surface area contributed by atoms with Crippen LogP contribution in [0.15, 0.2) is 163 Å². The van der Waals surface area contributed by atoms with E-state index in [0.717, 1.165) is 73.1 Å². The predicted molar refractivity (Wildman–Crippen MR) is 182 cm³/mol. The molecule has 0 radical (unpaired) electrons. The highest BCUT2D eigenvalue weighted by atomic mass is 19.1. The zero-order chi connectivity index (χ0) is 30.3. The van der Waals surface area contributed by atoms with Crippen LogP contribution < -0.4 is 4.74 Å². The molecule has 8 rings (SSSR count). The van der Waals surface area contributed by atoms with Gasteiger partial charge in [-0.05, 0) is 41.0 Å².